The molecule has 0 saturated carbocycles. The van der Waals surface area contributed by atoms with Crippen LogP contribution in [0.3, 0.4) is 0 Å². The second-order valence-corrected chi connectivity index (χ2v) is 7.34. The lowest BCUT2D eigenvalue weighted by Gasteiger charge is -2.35. The lowest BCUT2D eigenvalue weighted by molar-refractivity contribution is 0.157. The van der Waals surface area contributed by atoms with E-state index < -0.39 is 0 Å². The summed E-state index contributed by atoms with van der Waals surface area (Å²) in [6.45, 7) is 4.01. The van der Waals surface area contributed by atoms with Crippen LogP contribution in [0.5, 0.6) is 0 Å². The lowest BCUT2D eigenvalue weighted by atomic mass is 9.99. The van der Waals surface area contributed by atoms with E-state index in [4.69, 9.17) is 0 Å². The van der Waals surface area contributed by atoms with Gasteiger partial charge in [0.25, 0.3) is 0 Å². The molecule has 1 aromatic heterocycles. The maximum atomic E-state index is 12.8. The zero-order chi connectivity index (χ0) is 17.9. The Morgan fingerprint density at radius 2 is 2.15 bits per heavy atom. The molecule has 26 heavy (non-hydrogen) atoms. The Morgan fingerprint density at radius 1 is 1.23 bits per heavy atom. The average molecular weight is 353 g/mol. The number of hydrogen-bond donors (Lipinski definition) is 1. The Balaban J connectivity index is 1.50. The fourth-order valence-corrected chi connectivity index (χ4v) is 4.20. The molecule has 2 amide bonds. The van der Waals surface area contributed by atoms with Gasteiger partial charge in [0.15, 0.2) is 5.82 Å². The first-order chi connectivity index (χ1) is 12.8. The van der Waals surface area contributed by atoms with Crippen LogP contribution >= 0.6 is 0 Å². The molecule has 2 aliphatic rings. The zero-order valence-corrected chi connectivity index (χ0v) is 15.4. The van der Waals surface area contributed by atoms with Crippen molar-refractivity contribution in [2.45, 2.75) is 64.5 Å². The molecule has 4 rings (SSSR count). The third-order valence-electron chi connectivity index (χ3n) is 5.49. The molecule has 0 bridgehead atoms. The van der Waals surface area contributed by atoms with Gasteiger partial charge >= 0.3 is 6.03 Å². The smallest absolute Gasteiger partial charge is 0.322 e. The molecule has 1 fully saturated rings. The first-order valence-corrected chi connectivity index (χ1v) is 9.86. The molecular weight excluding hydrogens is 326 g/mol. The molecule has 6 heteroatoms. The van der Waals surface area contributed by atoms with E-state index in [1.165, 1.54) is 6.42 Å². The van der Waals surface area contributed by atoms with Crippen molar-refractivity contribution in [2.75, 3.05) is 11.9 Å². The molecule has 6 nitrogen and oxygen atoms in total. The minimum Gasteiger partial charge on any atom is -0.322 e. The minimum atomic E-state index is 0.0202. The second kappa shape index (κ2) is 7.48. The van der Waals surface area contributed by atoms with Crippen LogP contribution in [-0.4, -0.2) is 38.3 Å². The van der Waals surface area contributed by atoms with Crippen molar-refractivity contribution in [2.24, 2.45) is 0 Å². The maximum absolute atomic E-state index is 12.8. The molecule has 1 atom stereocenters. The summed E-state index contributed by atoms with van der Waals surface area (Å²) in [4.78, 5) is 14.8. The number of rotatable bonds is 4. The number of nitrogens with one attached hydrogen (secondary N) is 1. The number of nitrogens with zero attached hydrogens (tertiary/aromatic N) is 4. The Bertz CT molecular complexity index is 782. The van der Waals surface area contributed by atoms with E-state index in [0.717, 1.165) is 74.5 Å². The number of urea groups is 1. The van der Waals surface area contributed by atoms with Gasteiger partial charge in [-0.2, -0.15) is 0 Å². The van der Waals surface area contributed by atoms with Crippen molar-refractivity contribution in [1.29, 1.82) is 0 Å². The number of carbonyl (C=O) groups is 1. The van der Waals surface area contributed by atoms with Gasteiger partial charge in [0.05, 0.1) is 0 Å². The fraction of sp³-hybridized carbons (Fsp3) is 0.550. The largest absolute Gasteiger partial charge is 0.322 e. The van der Waals surface area contributed by atoms with Gasteiger partial charge in [0.1, 0.15) is 5.82 Å². The van der Waals surface area contributed by atoms with Gasteiger partial charge in [0.2, 0.25) is 0 Å². The van der Waals surface area contributed by atoms with Crippen molar-refractivity contribution in [1.82, 2.24) is 19.7 Å². The van der Waals surface area contributed by atoms with Crippen molar-refractivity contribution >= 4 is 11.7 Å². The highest BCUT2D eigenvalue weighted by Gasteiger charge is 2.26. The number of fused-ring (bicyclic) bond motifs is 1. The van der Waals surface area contributed by atoms with E-state index in [-0.39, 0.29) is 6.03 Å². The van der Waals surface area contributed by atoms with E-state index in [9.17, 15) is 4.79 Å². The van der Waals surface area contributed by atoms with Gasteiger partial charge in [-0.25, -0.2) is 4.79 Å². The van der Waals surface area contributed by atoms with Crippen molar-refractivity contribution in [3.8, 4) is 11.4 Å². The summed E-state index contributed by atoms with van der Waals surface area (Å²) in [6.07, 6.45) is 7.76. The molecule has 1 N–H and O–H groups in total. The van der Waals surface area contributed by atoms with Gasteiger partial charge in [-0.3, -0.25) is 0 Å². The third kappa shape index (κ3) is 3.32. The summed E-state index contributed by atoms with van der Waals surface area (Å²) in [5.41, 5.74) is 1.83. The number of aromatic nitrogens is 3. The Labute approximate surface area is 154 Å². The molecule has 1 aromatic carbocycles. The van der Waals surface area contributed by atoms with Crippen molar-refractivity contribution in [3.05, 3.63) is 30.1 Å². The van der Waals surface area contributed by atoms with Crippen LogP contribution in [0.1, 0.15) is 51.3 Å². The molecule has 3 heterocycles. The Hall–Kier alpha value is -2.37. The highest BCUT2D eigenvalue weighted by Crippen LogP contribution is 2.26. The van der Waals surface area contributed by atoms with E-state index in [2.05, 4.69) is 27.0 Å². The number of amides is 2. The molecule has 138 valence electrons. The summed E-state index contributed by atoms with van der Waals surface area (Å²) in [6, 6.07) is 8.35. The Kier molecular flexibility index (Phi) is 4.91. The monoisotopic (exact) mass is 353 g/mol. The van der Waals surface area contributed by atoms with Crippen LogP contribution in [0, 0.1) is 0 Å². The molecule has 0 aliphatic carbocycles. The predicted molar refractivity (Wildman–Crippen MR) is 102 cm³/mol. The SMILES string of the molecule is CCCC1CCCCN1C(=O)Nc1cccc(-c2nnc3n2CCC3)c1. The molecular formula is C20H27N5O. The Morgan fingerprint density at radius 3 is 3.04 bits per heavy atom. The van der Waals surface area contributed by atoms with Gasteiger partial charge in [-0.15, -0.1) is 10.2 Å². The molecule has 1 saturated heterocycles. The number of anilines is 1. The standard InChI is InChI=1S/C20H27N5O/c1-2-7-17-10-3-4-12-24(17)20(26)21-16-9-5-8-15(14-16)19-23-22-18-11-6-13-25(18)19/h5,8-9,14,17H,2-4,6-7,10-13H2,1H3,(H,21,26). The van der Waals surface area contributed by atoms with E-state index >= 15 is 0 Å². The van der Waals surface area contributed by atoms with Gasteiger partial charge in [-0.1, -0.05) is 25.5 Å². The van der Waals surface area contributed by atoms with Crippen LogP contribution in [-0.2, 0) is 13.0 Å². The summed E-state index contributed by atoms with van der Waals surface area (Å²) in [7, 11) is 0. The summed E-state index contributed by atoms with van der Waals surface area (Å²) in [5, 5.41) is 11.7. The topological polar surface area (TPSA) is 63.1 Å². The minimum absolute atomic E-state index is 0.0202. The number of piperidine rings is 1. The van der Waals surface area contributed by atoms with Crippen LogP contribution in [0.15, 0.2) is 24.3 Å². The maximum Gasteiger partial charge on any atom is 0.322 e. The number of carbonyl (C=O) groups excluding carboxylic acids is 1. The van der Waals surface area contributed by atoms with Crippen LogP contribution in [0.4, 0.5) is 10.5 Å². The first kappa shape index (κ1) is 17.1. The highest BCUT2D eigenvalue weighted by molar-refractivity contribution is 5.90. The summed E-state index contributed by atoms with van der Waals surface area (Å²) < 4.78 is 2.18. The van der Waals surface area contributed by atoms with Gasteiger partial charge in [0, 0.05) is 36.8 Å². The average Bonchev–Trinajstić information content (AvgIpc) is 3.26. The highest BCUT2D eigenvalue weighted by atomic mass is 16.2. The normalized spacial score (nSPS) is 19.4. The predicted octanol–water partition coefficient (Wildman–Crippen LogP) is 4.08. The number of likely N-dealkylation sites (tertiary alicyclic amines) is 1. The molecule has 2 aromatic rings. The van der Waals surface area contributed by atoms with Gasteiger partial charge < -0.3 is 14.8 Å². The number of hydrogen-bond acceptors (Lipinski definition) is 3. The number of benzene rings is 1. The van der Waals surface area contributed by atoms with E-state index in [0.29, 0.717) is 6.04 Å². The van der Waals surface area contributed by atoms with Crippen LogP contribution in [0.2, 0.25) is 0 Å². The summed E-state index contributed by atoms with van der Waals surface area (Å²) >= 11 is 0. The van der Waals surface area contributed by atoms with Gasteiger partial charge in [-0.05, 0) is 44.2 Å². The van der Waals surface area contributed by atoms with E-state index in [1.807, 2.05) is 29.2 Å². The molecule has 0 radical (unpaired) electrons. The first-order valence-electron chi connectivity index (χ1n) is 9.86. The zero-order valence-electron chi connectivity index (χ0n) is 15.4. The van der Waals surface area contributed by atoms with Crippen LogP contribution < -0.4 is 5.32 Å². The molecule has 0 spiro atoms. The molecule has 2 aliphatic heterocycles. The van der Waals surface area contributed by atoms with E-state index in [1.54, 1.807) is 0 Å². The number of aryl methyl sites for hydroxylation is 1. The lowest BCUT2D eigenvalue weighted by Crippen LogP contribution is -2.45. The van der Waals surface area contributed by atoms with Crippen molar-refractivity contribution < 1.29 is 4.79 Å². The summed E-state index contributed by atoms with van der Waals surface area (Å²) in [5.74, 6) is 1.96. The fourth-order valence-electron chi connectivity index (χ4n) is 4.20. The molecule has 1 unspecified atom stereocenters. The quantitative estimate of drug-likeness (QED) is 0.901. The van der Waals surface area contributed by atoms with Crippen LogP contribution in [0.25, 0.3) is 11.4 Å². The third-order valence-corrected chi connectivity index (χ3v) is 5.49. The second-order valence-electron chi connectivity index (χ2n) is 7.34. The van der Waals surface area contributed by atoms with Crippen molar-refractivity contribution in [3.63, 3.8) is 0 Å².